The van der Waals surface area contributed by atoms with Gasteiger partial charge in [-0.15, -0.1) is 0 Å². The molecule has 6 nitrogen and oxygen atoms in total. The van der Waals surface area contributed by atoms with E-state index in [4.69, 9.17) is 4.74 Å². The van der Waals surface area contributed by atoms with Gasteiger partial charge in [0.1, 0.15) is 5.54 Å². The molecular formula is C14H24N2O4. The minimum absolute atomic E-state index is 0.148. The van der Waals surface area contributed by atoms with Crippen LogP contribution in [0.1, 0.15) is 39.5 Å². The van der Waals surface area contributed by atoms with Gasteiger partial charge in [0.15, 0.2) is 0 Å². The fourth-order valence-electron chi connectivity index (χ4n) is 3.01. The zero-order chi connectivity index (χ0) is 14.8. The number of rotatable bonds is 2. The number of urea groups is 1. The van der Waals surface area contributed by atoms with Crippen molar-refractivity contribution in [2.24, 2.45) is 5.92 Å². The predicted octanol–water partition coefficient (Wildman–Crippen LogP) is 1.45. The average Bonchev–Trinajstić information content (AvgIpc) is 2.42. The SMILES string of the molecule is CC1CCCN(C(=O)NC2(C(=O)O)CCOCC2)C1C. The number of hydrogen-bond donors (Lipinski definition) is 2. The average molecular weight is 284 g/mol. The maximum absolute atomic E-state index is 12.4. The molecule has 2 unspecified atom stereocenters. The van der Waals surface area contributed by atoms with Gasteiger partial charge in [-0.1, -0.05) is 6.92 Å². The third kappa shape index (κ3) is 2.90. The van der Waals surface area contributed by atoms with Crippen LogP contribution < -0.4 is 5.32 Å². The topological polar surface area (TPSA) is 78.9 Å². The van der Waals surface area contributed by atoms with Crippen LogP contribution in [0.5, 0.6) is 0 Å². The zero-order valence-corrected chi connectivity index (χ0v) is 12.2. The van der Waals surface area contributed by atoms with Crippen molar-refractivity contribution in [1.29, 1.82) is 0 Å². The standard InChI is InChI=1S/C14H24N2O4/c1-10-4-3-7-16(11(10)2)13(19)15-14(12(17)18)5-8-20-9-6-14/h10-11H,3-9H2,1-2H3,(H,15,19)(H,17,18). The molecule has 0 aromatic carbocycles. The molecule has 0 aromatic rings. The fourth-order valence-corrected chi connectivity index (χ4v) is 3.01. The van der Waals surface area contributed by atoms with E-state index in [0.29, 0.717) is 38.5 Å². The molecule has 6 heteroatoms. The van der Waals surface area contributed by atoms with Crippen molar-refractivity contribution in [2.75, 3.05) is 19.8 Å². The van der Waals surface area contributed by atoms with Crippen molar-refractivity contribution in [3.8, 4) is 0 Å². The Balaban J connectivity index is 2.06. The first-order valence-corrected chi connectivity index (χ1v) is 7.36. The van der Waals surface area contributed by atoms with Crippen molar-refractivity contribution in [2.45, 2.75) is 51.1 Å². The van der Waals surface area contributed by atoms with Gasteiger partial charge in [-0.05, 0) is 25.7 Å². The van der Waals surface area contributed by atoms with Crippen LogP contribution in [-0.2, 0) is 9.53 Å². The number of carbonyl (C=O) groups excluding carboxylic acids is 1. The molecular weight excluding hydrogens is 260 g/mol. The number of nitrogens with zero attached hydrogens (tertiary/aromatic N) is 1. The minimum Gasteiger partial charge on any atom is -0.480 e. The molecule has 2 saturated heterocycles. The predicted molar refractivity (Wildman–Crippen MR) is 73.5 cm³/mol. The van der Waals surface area contributed by atoms with E-state index < -0.39 is 11.5 Å². The van der Waals surface area contributed by atoms with E-state index >= 15 is 0 Å². The monoisotopic (exact) mass is 284 g/mol. The Hall–Kier alpha value is -1.30. The van der Waals surface area contributed by atoms with Gasteiger partial charge >= 0.3 is 12.0 Å². The van der Waals surface area contributed by atoms with Crippen LogP contribution in [0.15, 0.2) is 0 Å². The first-order valence-electron chi connectivity index (χ1n) is 7.36. The maximum Gasteiger partial charge on any atom is 0.329 e. The van der Waals surface area contributed by atoms with E-state index in [-0.39, 0.29) is 12.1 Å². The van der Waals surface area contributed by atoms with E-state index in [9.17, 15) is 14.7 Å². The van der Waals surface area contributed by atoms with E-state index in [1.165, 1.54) is 0 Å². The number of nitrogens with one attached hydrogen (secondary N) is 1. The number of hydrogen-bond acceptors (Lipinski definition) is 3. The normalized spacial score (nSPS) is 29.8. The molecule has 0 saturated carbocycles. The highest BCUT2D eigenvalue weighted by molar-refractivity contribution is 5.86. The van der Waals surface area contributed by atoms with Crippen molar-refractivity contribution < 1.29 is 19.4 Å². The van der Waals surface area contributed by atoms with Gasteiger partial charge in [0.25, 0.3) is 0 Å². The lowest BCUT2D eigenvalue weighted by Crippen LogP contribution is -2.62. The number of carboxylic acids is 1. The number of carboxylic acid groups (broad SMARTS) is 1. The van der Waals surface area contributed by atoms with Crippen LogP contribution in [0.25, 0.3) is 0 Å². The lowest BCUT2D eigenvalue weighted by atomic mass is 9.89. The lowest BCUT2D eigenvalue weighted by molar-refractivity contribution is -0.148. The fraction of sp³-hybridized carbons (Fsp3) is 0.857. The highest BCUT2D eigenvalue weighted by atomic mass is 16.5. The summed E-state index contributed by atoms with van der Waals surface area (Å²) in [6.45, 7) is 5.60. The number of amides is 2. The number of piperidine rings is 1. The third-order valence-corrected chi connectivity index (χ3v) is 4.74. The summed E-state index contributed by atoms with van der Waals surface area (Å²) in [5.74, 6) is -0.517. The Labute approximate surface area is 119 Å². The molecule has 0 bridgehead atoms. The van der Waals surface area contributed by atoms with Gasteiger partial charge in [-0.25, -0.2) is 9.59 Å². The highest BCUT2D eigenvalue weighted by Gasteiger charge is 2.43. The molecule has 2 aliphatic rings. The summed E-state index contributed by atoms with van der Waals surface area (Å²) >= 11 is 0. The van der Waals surface area contributed by atoms with E-state index in [1.807, 2.05) is 6.92 Å². The van der Waals surface area contributed by atoms with Crippen LogP contribution >= 0.6 is 0 Å². The Bertz CT molecular complexity index is 379. The van der Waals surface area contributed by atoms with Crippen LogP contribution in [0, 0.1) is 5.92 Å². The van der Waals surface area contributed by atoms with E-state index in [2.05, 4.69) is 12.2 Å². The van der Waals surface area contributed by atoms with Gasteiger partial charge in [-0.2, -0.15) is 0 Å². The molecule has 0 aliphatic carbocycles. The smallest absolute Gasteiger partial charge is 0.329 e. The molecule has 2 fully saturated rings. The quantitative estimate of drug-likeness (QED) is 0.804. The minimum atomic E-state index is -1.17. The second-order valence-electron chi connectivity index (χ2n) is 5.98. The van der Waals surface area contributed by atoms with Gasteiger partial charge in [0.05, 0.1) is 0 Å². The molecule has 2 aliphatic heterocycles. The zero-order valence-electron chi connectivity index (χ0n) is 12.2. The van der Waals surface area contributed by atoms with Gasteiger partial charge in [-0.3, -0.25) is 0 Å². The number of carbonyl (C=O) groups is 2. The molecule has 0 aromatic heterocycles. The van der Waals surface area contributed by atoms with Crippen molar-refractivity contribution in [3.63, 3.8) is 0 Å². The summed E-state index contributed by atoms with van der Waals surface area (Å²) in [6.07, 6.45) is 2.74. The summed E-state index contributed by atoms with van der Waals surface area (Å²) in [7, 11) is 0. The maximum atomic E-state index is 12.4. The highest BCUT2D eigenvalue weighted by Crippen LogP contribution is 2.25. The second kappa shape index (κ2) is 5.99. The Kier molecular flexibility index (Phi) is 4.52. The van der Waals surface area contributed by atoms with Gasteiger partial charge in [0.2, 0.25) is 0 Å². The summed E-state index contributed by atoms with van der Waals surface area (Å²) in [6, 6.07) is -0.109. The Morgan fingerprint density at radius 1 is 1.30 bits per heavy atom. The molecule has 0 radical (unpaired) electrons. The van der Waals surface area contributed by atoms with Crippen LogP contribution in [-0.4, -0.2) is 53.3 Å². The summed E-state index contributed by atoms with van der Waals surface area (Å²) < 4.78 is 5.21. The van der Waals surface area contributed by atoms with Crippen LogP contribution in [0.3, 0.4) is 0 Å². The number of aliphatic carboxylic acids is 1. The summed E-state index contributed by atoms with van der Waals surface area (Å²) in [5, 5.41) is 12.2. The Morgan fingerprint density at radius 3 is 2.55 bits per heavy atom. The molecule has 20 heavy (non-hydrogen) atoms. The van der Waals surface area contributed by atoms with Gasteiger partial charge < -0.3 is 20.1 Å². The molecule has 2 rings (SSSR count). The van der Waals surface area contributed by atoms with Crippen molar-refractivity contribution >= 4 is 12.0 Å². The summed E-state index contributed by atoms with van der Waals surface area (Å²) in [4.78, 5) is 25.8. The molecule has 2 heterocycles. The molecule has 2 N–H and O–H groups in total. The third-order valence-electron chi connectivity index (χ3n) is 4.74. The van der Waals surface area contributed by atoms with Crippen LogP contribution in [0.2, 0.25) is 0 Å². The lowest BCUT2D eigenvalue weighted by Gasteiger charge is -2.41. The largest absolute Gasteiger partial charge is 0.480 e. The first kappa shape index (κ1) is 15.1. The number of likely N-dealkylation sites (tertiary alicyclic amines) is 1. The molecule has 2 atom stereocenters. The summed E-state index contributed by atoms with van der Waals surface area (Å²) in [5.41, 5.74) is -1.17. The van der Waals surface area contributed by atoms with Gasteiger partial charge in [0, 0.05) is 38.6 Å². The van der Waals surface area contributed by atoms with E-state index in [1.54, 1.807) is 4.90 Å². The van der Waals surface area contributed by atoms with Crippen molar-refractivity contribution in [3.05, 3.63) is 0 Å². The van der Waals surface area contributed by atoms with E-state index in [0.717, 1.165) is 12.8 Å². The van der Waals surface area contributed by atoms with Crippen molar-refractivity contribution in [1.82, 2.24) is 10.2 Å². The Morgan fingerprint density at radius 2 is 1.95 bits per heavy atom. The molecule has 2 amide bonds. The van der Waals surface area contributed by atoms with Crippen LogP contribution in [0.4, 0.5) is 4.79 Å². The second-order valence-corrected chi connectivity index (χ2v) is 5.98. The molecule has 0 spiro atoms. The number of ether oxygens (including phenoxy) is 1. The molecule has 114 valence electrons. The first-order chi connectivity index (χ1) is 9.46.